The van der Waals surface area contributed by atoms with Crippen LogP contribution < -0.4 is 0 Å². The van der Waals surface area contributed by atoms with Gasteiger partial charge in [-0.25, -0.2) is 0 Å². The van der Waals surface area contributed by atoms with Gasteiger partial charge in [-0.2, -0.15) is 5.26 Å². The zero-order chi connectivity index (χ0) is 17.1. The van der Waals surface area contributed by atoms with Crippen LogP contribution in [-0.2, 0) is 6.42 Å². The van der Waals surface area contributed by atoms with Crippen LogP contribution >= 0.6 is 0 Å². The van der Waals surface area contributed by atoms with E-state index in [1.165, 1.54) is 11.1 Å². The fourth-order valence-corrected chi connectivity index (χ4v) is 6.12. The van der Waals surface area contributed by atoms with Crippen LogP contribution in [0.15, 0.2) is 18.2 Å². The Morgan fingerprint density at radius 3 is 2.88 bits per heavy atom. The Bertz CT molecular complexity index is 711. The highest BCUT2D eigenvalue weighted by Gasteiger charge is 2.65. The number of phenolic OH excluding ortho intramolecular Hbond substituents is 1. The van der Waals surface area contributed by atoms with Gasteiger partial charge in [0.25, 0.3) is 0 Å². The van der Waals surface area contributed by atoms with Crippen LogP contribution in [0.25, 0.3) is 0 Å². The van der Waals surface area contributed by atoms with Crippen LogP contribution in [0.5, 0.6) is 5.75 Å². The maximum Gasteiger partial charge on any atom is 0.115 e. The molecule has 4 rings (SSSR count). The number of phenols is 1. The van der Waals surface area contributed by atoms with Crippen molar-refractivity contribution < 1.29 is 15.3 Å². The van der Waals surface area contributed by atoms with E-state index in [1.54, 1.807) is 6.07 Å². The van der Waals surface area contributed by atoms with Crippen LogP contribution in [0.1, 0.15) is 56.1 Å². The van der Waals surface area contributed by atoms with Crippen LogP contribution in [0.2, 0.25) is 0 Å². The zero-order valence-corrected chi connectivity index (χ0v) is 14.1. The van der Waals surface area contributed by atoms with E-state index in [0.717, 1.165) is 25.7 Å². The molecule has 3 N–H and O–H groups in total. The summed E-state index contributed by atoms with van der Waals surface area (Å²) in [5, 5.41) is 40.6. The molecule has 0 heterocycles. The molecule has 24 heavy (non-hydrogen) atoms. The number of aryl methyl sites for hydroxylation is 1. The predicted octanol–water partition coefficient (Wildman–Crippen LogP) is 2.86. The zero-order valence-electron chi connectivity index (χ0n) is 14.1. The van der Waals surface area contributed by atoms with E-state index >= 15 is 0 Å². The summed E-state index contributed by atoms with van der Waals surface area (Å²) in [4.78, 5) is 0. The van der Waals surface area contributed by atoms with E-state index in [4.69, 9.17) is 5.26 Å². The number of nitriles is 1. The number of nitrogens with zero attached hydrogens (tertiary/aromatic N) is 1. The average molecular weight is 327 g/mol. The largest absolute Gasteiger partial charge is 0.508 e. The number of aliphatic hydroxyl groups excluding tert-OH is 1. The number of aliphatic hydroxyl groups is 2. The van der Waals surface area contributed by atoms with Crippen molar-refractivity contribution in [2.45, 2.75) is 63.1 Å². The third-order valence-corrected chi connectivity index (χ3v) is 7.47. The lowest BCUT2D eigenvalue weighted by Crippen LogP contribution is -2.53. The molecule has 4 nitrogen and oxygen atoms in total. The highest BCUT2D eigenvalue weighted by molar-refractivity contribution is 5.40. The molecule has 0 unspecified atom stereocenters. The second-order valence-electron chi connectivity index (χ2n) is 8.27. The van der Waals surface area contributed by atoms with Crippen LogP contribution in [0.3, 0.4) is 0 Å². The van der Waals surface area contributed by atoms with Crippen LogP contribution in [0.4, 0.5) is 0 Å². The Balaban J connectivity index is 1.72. The SMILES string of the molecule is C[C@]12CC[C@@H]3c4ccc(O)cc4CC[C@H]3[C@@H]1C[C@@H](O)[C@]2(O)CC#N. The summed E-state index contributed by atoms with van der Waals surface area (Å²) in [5.41, 5.74) is 0.895. The summed E-state index contributed by atoms with van der Waals surface area (Å²) in [7, 11) is 0. The van der Waals surface area contributed by atoms with Gasteiger partial charge in [-0.15, -0.1) is 0 Å². The van der Waals surface area contributed by atoms with Gasteiger partial charge in [0.15, 0.2) is 0 Å². The van der Waals surface area contributed by atoms with Crippen molar-refractivity contribution in [3.05, 3.63) is 29.3 Å². The molecule has 3 aliphatic carbocycles. The third-order valence-electron chi connectivity index (χ3n) is 7.47. The second-order valence-corrected chi connectivity index (χ2v) is 8.27. The standard InChI is InChI=1S/C20H25NO3/c1-19-7-6-15-14-5-3-13(22)10-12(14)2-4-16(15)17(19)11-18(23)20(19,24)8-9-21/h3,5,10,15-18,22-24H,2,4,6-8,11H2,1H3/t15-,16-,17+,18-,19+,20-/m1/s1. The van der Waals surface area contributed by atoms with Crippen molar-refractivity contribution in [3.8, 4) is 11.8 Å². The van der Waals surface area contributed by atoms with Gasteiger partial charge in [-0.3, -0.25) is 0 Å². The average Bonchev–Trinajstić information content (AvgIpc) is 2.75. The topological polar surface area (TPSA) is 84.5 Å². The van der Waals surface area contributed by atoms with Gasteiger partial charge in [-0.05, 0) is 73.1 Å². The minimum Gasteiger partial charge on any atom is -0.508 e. The van der Waals surface area contributed by atoms with E-state index in [1.807, 2.05) is 6.07 Å². The van der Waals surface area contributed by atoms with Gasteiger partial charge >= 0.3 is 0 Å². The number of hydrogen-bond donors (Lipinski definition) is 3. The summed E-state index contributed by atoms with van der Waals surface area (Å²) < 4.78 is 0. The van der Waals surface area contributed by atoms with E-state index in [2.05, 4.69) is 19.1 Å². The Kier molecular flexibility index (Phi) is 3.46. The quantitative estimate of drug-likeness (QED) is 0.740. The lowest BCUT2D eigenvalue weighted by Gasteiger charge is -2.52. The summed E-state index contributed by atoms with van der Waals surface area (Å²) in [6.07, 6.45) is 3.53. The lowest BCUT2D eigenvalue weighted by atomic mass is 9.53. The molecule has 0 aliphatic heterocycles. The maximum atomic E-state index is 11.1. The van der Waals surface area contributed by atoms with Gasteiger partial charge in [0.2, 0.25) is 0 Å². The van der Waals surface area contributed by atoms with Crippen molar-refractivity contribution in [2.75, 3.05) is 0 Å². The molecule has 2 fully saturated rings. The van der Waals surface area contributed by atoms with Crippen molar-refractivity contribution in [3.63, 3.8) is 0 Å². The van der Waals surface area contributed by atoms with Crippen molar-refractivity contribution in [2.24, 2.45) is 17.3 Å². The summed E-state index contributed by atoms with van der Waals surface area (Å²) >= 11 is 0. The minimum absolute atomic E-state index is 0.00299. The minimum atomic E-state index is -1.29. The Morgan fingerprint density at radius 2 is 2.12 bits per heavy atom. The number of rotatable bonds is 1. The first-order chi connectivity index (χ1) is 11.4. The molecule has 6 atom stereocenters. The molecule has 0 amide bonds. The summed E-state index contributed by atoms with van der Waals surface area (Å²) in [6, 6.07) is 7.80. The van der Waals surface area contributed by atoms with E-state index in [0.29, 0.717) is 24.0 Å². The molecule has 128 valence electrons. The van der Waals surface area contributed by atoms with Crippen molar-refractivity contribution >= 4 is 0 Å². The van der Waals surface area contributed by atoms with Gasteiger partial charge in [0, 0.05) is 5.41 Å². The van der Waals surface area contributed by atoms with E-state index < -0.39 is 17.1 Å². The first kappa shape index (κ1) is 15.9. The molecule has 4 heteroatoms. The predicted molar refractivity (Wildman–Crippen MR) is 89.3 cm³/mol. The van der Waals surface area contributed by atoms with E-state index in [-0.39, 0.29) is 12.3 Å². The normalized spacial score (nSPS) is 43.4. The summed E-state index contributed by atoms with van der Waals surface area (Å²) in [5.74, 6) is 1.44. The molecule has 0 aromatic heterocycles. The monoisotopic (exact) mass is 327 g/mol. The van der Waals surface area contributed by atoms with Crippen LogP contribution in [0, 0.1) is 28.6 Å². The first-order valence-electron chi connectivity index (χ1n) is 9.00. The highest BCUT2D eigenvalue weighted by Crippen LogP contribution is 2.64. The smallest absolute Gasteiger partial charge is 0.115 e. The van der Waals surface area contributed by atoms with Gasteiger partial charge in [0.05, 0.1) is 18.6 Å². The fraction of sp³-hybridized carbons (Fsp3) is 0.650. The number of benzene rings is 1. The van der Waals surface area contributed by atoms with Gasteiger partial charge < -0.3 is 15.3 Å². The fourth-order valence-electron chi connectivity index (χ4n) is 6.12. The second kappa shape index (κ2) is 5.21. The number of aromatic hydroxyl groups is 1. The molecule has 3 aliphatic rings. The van der Waals surface area contributed by atoms with Crippen molar-refractivity contribution in [1.29, 1.82) is 5.26 Å². The summed E-state index contributed by atoms with van der Waals surface area (Å²) in [6.45, 7) is 2.08. The molecule has 2 saturated carbocycles. The molecule has 0 saturated heterocycles. The third kappa shape index (κ3) is 1.92. The Morgan fingerprint density at radius 1 is 1.33 bits per heavy atom. The molecule has 1 aromatic rings. The number of hydrogen-bond acceptors (Lipinski definition) is 4. The number of fused-ring (bicyclic) bond motifs is 5. The molecular formula is C20H25NO3. The highest BCUT2D eigenvalue weighted by atomic mass is 16.3. The van der Waals surface area contributed by atoms with Crippen molar-refractivity contribution in [1.82, 2.24) is 0 Å². The molecule has 1 aromatic carbocycles. The first-order valence-corrected chi connectivity index (χ1v) is 9.00. The molecule has 0 spiro atoms. The maximum absolute atomic E-state index is 11.1. The van der Waals surface area contributed by atoms with Gasteiger partial charge in [0.1, 0.15) is 11.4 Å². The van der Waals surface area contributed by atoms with Gasteiger partial charge in [-0.1, -0.05) is 13.0 Å². The molecule has 0 bridgehead atoms. The Hall–Kier alpha value is -1.57. The Labute approximate surface area is 142 Å². The lowest BCUT2D eigenvalue weighted by molar-refractivity contribution is -0.138. The van der Waals surface area contributed by atoms with Crippen LogP contribution in [-0.4, -0.2) is 27.0 Å². The van der Waals surface area contributed by atoms with E-state index in [9.17, 15) is 15.3 Å². The molecule has 0 radical (unpaired) electrons. The molecular weight excluding hydrogens is 302 g/mol.